The molecular formula is C18H10ClN3O2S. The number of rotatable bonds is 3. The van der Waals surface area contributed by atoms with Crippen LogP contribution in [-0.4, -0.2) is 15.1 Å². The third-order valence-corrected chi connectivity index (χ3v) is 4.39. The molecule has 7 heteroatoms. The van der Waals surface area contributed by atoms with E-state index in [0.717, 1.165) is 11.8 Å². The minimum absolute atomic E-state index is 0.112. The van der Waals surface area contributed by atoms with Crippen molar-refractivity contribution in [3.8, 4) is 17.3 Å². The summed E-state index contributed by atoms with van der Waals surface area (Å²) in [5.41, 5.74) is 0.574. The quantitative estimate of drug-likeness (QED) is 0.560. The minimum Gasteiger partial charge on any atom is -0.300 e. The van der Waals surface area contributed by atoms with Gasteiger partial charge in [0.1, 0.15) is 11.6 Å². The first-order valence-corrected chi connectivity index (χ1v) is 8.35. The van der Waals surface area contributed by atoms with E-state index in [0.29, 0.717) is 16.1 Å². The molecule has 0 saturated heterocycles. The maximum Gasteiger partial charge on any atom is 0.270 e. The largest absolute Gasteiger partial charge is 0.300 e. The Morgan fingerprint density at radius 2 is 1.80 bits per heavy atom. The monoisotopic (exact) mass is 367 g/mol. The van der Waals surface area contributed by atoms with Gasteiger partial charge in [0.05, 0.1) is 5.69 Å². The van der Waals surface area contributed by atoms with Gasteiger partial charge in [-0.2, -0.15) is 5.26 Å². The van der Waals surface area contributed by atoms with Gasteiger partial charge in [-0.3, -0.25) is 14.6 Å². The molecule has 0 bridgehead atoms. The third kappa shape index (κ3) is 3.79. The van der Waals surface area contributed by atoms with Crippen molar-refractivity contribution in [2.24, 2.45) is 0 Å². The number of nitrogens with one attached hydrogen (secondary N) is 1. The van der Waals surface area contributed by atoms with E-state index in [2.05, 4.69) is 9.97 Å². The molecule has 0 aliphatic carbocycles. The summed E-state index contributed by atoms with van der Waals surface area (Å²) in [5, 5.41) is 9.66. The molecule has 1 heterocycles. The Hall–Kier alpha value is -2.88. The predicted octanol–water partition coefficient (Wildman–Crippen LogP) is 3.89. The van der Waals surface area contributed by atoms with Gasteiger partial charge in [0.2, 0.25) is 5.12 Å². The van der Waals surface area contributed by atoms with E-state index in [1.54, 1.807) is 48.5 Å². The summed E-state index contributed by atoms with van der Waals surface area (Å²) in [6.07, 6.45) is 0. The first-order chi connectivity index (χ1) is 12.1. The molecule has 0 amide bonds. The van der Waals surface area contributed by atoms with Crippen molar-refractivity contribution in [1.82, 2.24) is 9.97 Å². The molecule has 0 saturated carbocycles. The van der Waals surface area contributed by atoms with E-state index in [1.165, 1.54) is 0 Å². The van der Waals surface area contributed by atoms with Gasteiger partial charge < -0.3 is 0 Å². The van der Waals surface area contributed by atoms with Crippen LogP contribution in [0.4, 0.5) is 0 Å². The van der Waals surface area contributed by atoms with Gasteiger partial charge in [-0.05, 0) is 23.9 Å². The molecule has 2 aromatic carbocycles. The van der Waals surface area contributed by atoms with E-state index in [-0.39, 0.29) is 21.5 Å². The summed E-state index contributed by atoms with van der Waals surface area (Å²) in [6.45, 7) is 0. The summed E-state index contributed by atoms with van der Waals surface area (Å²) in [6, 6.07) is 17.1. The molecule has 0 fully saturated rings. The van der Waals surface area contributed by atoms with Gasteiger partial charge in [-0.15, -0.1) is 0 Å². The molecule has 3 aromatic rings. The Kier molecular flexibility index (Phi) is 4.98. The predicted molar refractivity (Wildman–Crippen MR) is 96.6 cm³/mol. The van der Waals surface area contributed by atoms with Gasteiger partial charge >= 0.3 is 0 Å². The smallest absolute Gasteiger partial charge is 0.270 e. The number of nitriles is 1. The second-order valence-electron chi connectivity index (χ2n) is 4.97. The number of carbonyl (C=O) groups is 1. The summed E-state index contributed by atoms with van der Waals surface area (Å²) in [4.78, 5) is 31.2. The van der Waals surface area contributed by atoms with Crippen molar-refractivity contribution < 1.29 is 4.79 Å². The number of thioether (sulfide) groups is 1. The van der Waals surface area contributed by atoms with E-state index >= 15 is 0 Å². The van der Waals surface area contributed by atoms with Crippen LogP contribution in [-0.2, 0) is 0 Å². The van der Waals surface area contributed by atoms with E-state index in [1.807, 2.05) is 12.1 Å². The summed E-state index contributed by atoms with van der Waals surface area (Å²) >= 11 is 6.67. The Morgan fingerprint density at radius 3 is 2.44 bits per heavy atom. The molecule has 122 valence electrons. The fourth-order valence-corrected chi connectivity index (χ4v) is 2.98. The molecule has 0 atom stereocenters. The molecule has 0 radical (unpaired) electrons. The molecule has 25 heavy (non-hydrogen) atoms. The highest BCUT2D eigenvalue weighted by atomic mass is 35.5. The topological polar surface area (TPSA) is 86.6 Å². The number of hydrogen-bond acceptors (Lipinski definition) is 5. The first kappa shape index (κ1) is 17.0. The number of hydrogen-bond donors (Lipinski definition) is 1. The molecule has 0 spiro atoms. The van der Waals surface area contributed by atoms with Crippen molar-refractivity contribution in [3.05, 3.63) is 81.1 Å². The standard InChI is InChI=1S/C18H10ClN3O2S/c19-13-8-6-11(7-9-13)15-14(10-20)16(23)22-18(21-15)25-17(24)12-4-2-1-3-5-12/h1-9H,(H,21,22,23). The highest BCUT2D eigenvalue weighted by Gasteiger charge is 2.16. The van der Waals surface area contributed by atoms with Gasteiger partial charge in [-0.1, -0.05) is 54.1 Å². The van der Waals surface area contributed by atoms with Crippen LogP contribution in [0.3, 0.4) is 0 Å². The Morgan fingerprint density at radius 1 is 1.12 bits per heavy atom. The molecule has 0 aliphatic rings. The number of halogens is 1. The van der Waals surface area contributed by atoms with Crippen molar-refractivity contribution in [3.63, 3.8) is 0 Å². The van der Waals surface area contributed by atoms with Gasteiger partial charge in [0.15, 0.2) is 5.16 Å². The van der Waals surface area contributed by atoms with Gasteiger partial charge in [0.25, 0.3) is 5.56 Å². The molecule has 0 unspecified atom stereocenters. The number of benzene rings is 2. The third-order valence-electron chi connectivity index (χ3n) is 3.33. The molecule has 3 rings (SSSR count). The van der Waals surface area contributed by atoms with E-state index in [9.17, 15) is 14.9 Å². The average molecular weight is 368 g/mol. The van der Waals surface area contributed by atoms with Crippen LogP contribution in [0, 0.1) is 11.3 Å². The second-order valence-corrected chi connectivity index (χ2v) is 6.37. The first-order valence-electron chi connectivity index (χ1n) is 7.16. The zero-order chi connectivity index (χ0) is 17.8. The van der Waals surface area contributed by atoms with Crippen LogP contribution in [0.1, 0.15) is 15.9 Å². The van der Waals surface area contributed by atoms with Crippen LogP contribution in [0.2, 0.25) is 5.02 Å². The lowest BCUT2D eigenvalue weighted by atomic mass is 10.1. The van der Waals surface area contributed by atoms with Crippen LogP contribution in [0.25, 0.3) is 11.3 Å². The SMILES string of the molecule is N#Cc1c(-c2ccc(Cl)cc2)nc(SC(=O)c2ccccc2)[nH]c1=O. The fourth-order valence-electron chi connectivity index (χ4n) is 2.14. The summed E-state index contributed by atoms with van der Waals surface area (Å²) in [5.74, 6) is 0. The highest BCUT2D eigenvalue weighted by molar-refractivity contribution is 8.14. The van der Waals surface area contributed by atoms with Crippen molar-refractivity contribution >= 4 is 28.5 Å². The second kappa shape index (κ2) is 7.34. The molecule has 1 aromatic heterocycles. The van der Waals surface area contributed by atoms with Gasteiger partial charge in [-0.25, -0.2) is 4.98 Å². The van der Waals surface area contributed by atoms with E-state index in [4.69, 9.17) is 11.6 Å². The van der Waals surface area contributed by atoms with Crippen molar-refractivity contribution in [2.45, 2.75) is 5.16 Å². The summed E-state index contributed by atoms with van der Waals surface area (Å²) in [7, 11) is 0. The molecule has 5 nitrogen and oxygen atoms in total. The number of aromatic amines is 1. The van der Waals surface area contributed by atoms with Crippen LogP contribution in [0.5, 0.6) is 0 Å². The maximum atomic E-state index is 12.3. The van der Waals surface area contributed by atoms with Crippen molar-refractivity contribution in [2.75, 3.05) is 0 Å². The lowest BCUT2D eigenvalue weighted by Crippen LogP contribution is -2.15. The van der Waals surface area contributed by atoms with E-state index < -0.39 is 5.56 Å². The Labute approximate surface area is 152 Å². The molecular weight excluding hydrogens is 358 g/mol. The Bertz CT molecular complexity index is 1020. The zero-order valence-electron chi connectivity index (χ0n) is 12.7. The Balaban J connectivity index is 2.02. The summed E-state index contributed by atoms with van der Waals surface area (Å²) < 4.78 is 0. The highest BCUT2D eigenvalue weighted by Crippen LogP contribution is 2.25. The number of H-pyrrole nitrogens is 1. The lowest BCUT2D eigenvalue weighted by Gasteiger charge is -2.06. The fraction of sp³-hybridized carbons (Fsp3) is 0. The van der Waals surface area contributed by atoms with Crippen LogP contribution in [0.15, 0.2) is 64.5 Å². The van der Waals surface area contributed by atoms with Crippen molar-refractivity contribution in [1.29, 1.82) is 5.26 Å². The number of carbonyl (C=O) groups excluding carboxylic acids is 1. The lowest BCUT2D eigenvalue weighted by molar-refractivity contribution is 0.108. The number of nitrogens with zero attached hydrogens (tertiary/aromatic N) is 2. The molecule has 0 aliphatic heterocycles. The maximum absolute atomic E-state index is 12.3. The average Bonchev–Trinajstić information content (AvgIpc) is 2.62. The molecule has 1 N–H and O–H groups in total. The normalized spacial score (nSPS) is 10.2. The zero-order valence-corrected chi connectivity index (χ0v) is 14.3. The minimum atomic E-state index is -0.592. The van der Waals surface area contributed by atoms with Crippen LogP contribution < -0.4 is 5.56 Å². The number of aromatic nitrogens is 2. The van der Waals surface area contributed by atoms with Crippen LogP contribution >= 0.6 is 23.4 Å². The van der Waals surface area contributed by atoms with Gasteiger partial charge in [0, 0.05) is 16.1 Å².